The summed E-state index contributed by atoms with van der Waals surface area (Å²) in [6.07, 6.45) is 0. The largest absolute Gasteiger partial charge is 0.439 e. The Bertz CT molecular complexity index is 756. The van der Waals surface area contributed by atoms with Gasteiger partial charge < -0.3 is 9.84 Å². The SMILES string of the molecule is OCc1cc(Oc2ccccc2)n(Cc2ccccc2Cl)n1. The van der Waals surface area contributed by atoms with Crippen LogP contribution in [-0.4, -0.2) is 14.9 Å². The van der Waals surface area contributed by atoms with Crippen molar-refractivity contribution in [3.63, 3.8) is 0 Å². The van der Waals surface area contributed by atoms with Crippen LogP contribution in [-0.2, 0) is 13.2 Å². The van der Waals surface area contributed by atoms with Gasteiger partial charge in [0.05, 0.1) is 18.8 Å². The highest BCUT2D eigenvalue weighted by molar-refractivity contribution is 6.31. The summed E-state index contributed by atoms with van der Waals surface area (Å²) in [4.78, 5) is 0. The lowest BCUT2D eigenvalue weighted by Crippen LogP contribution is -2.05. The van der Waals surface area contributed by atoms with Gasteiger partial charge >= 0.3 is 0 Å². The molecule has 0 radical (unpaired) electrons. The van der Waals surface area contributed by atoms with Crippen molar-refractivity contribution in [1.82, 2.24) is 9.78 Å². The van der Waals surface area contributed by atoms with Gasteiger partial charge in [-0.1, -0.05) is 48.0 Å². The minimum atomic E-state index is -0.138. The average Bonchev–Trinajstić information content (AvgIpc) is 2.92. The normalized spacial score (nSPS) is 10.6. The molecule has 2 aromatic carbocycles. The predicted octanol–water partition coefficient (Wildman–Crippen LogP) is 3.87. The molecule has 0 saturated heterocycles. The number of aliphatic hydroxyl groups is 1. The number of halogens is 1. The zero-order valence-corrected chi connectivity index (χ0v) is 12.6. The second-order valence-electron chi connectivity index (χ2n) is 4.80. The second-order valence-corrected chi connectivity index (χ2v) is 5.20. The van der Waals surface area contributed by atoms with Crippen molar-refractivity contribution in [2.75, 3.05) is 0 Å². The van der Waals surface area contributed by atoms with Crippen LogP contribution >= 0.6 is 11.6 Å². The minimum Gasteiger partial charge on any atom is -0.439 e. The molecule has 0 atom stereocenters. The number of rotatable bonds is 5. The number of aromatic nitrogens is 2. The van der Waals surface area contributed by atoms with Gasteiger partial charge in [-0.3, -0.25) is 0 Å². The molecular formula is C17H15ClN2O2. The van der Waals surface area contributed by atoms with Crippen molar-refractivity contribution >= 4 is 11.6 Å². The average molecular weight is 315 g/mol. The van der Waals surface area contributed by atoms with Gasteiger partial charge in [0.15, 0.2) is 0 Å². The second kappa shape index (κ2) is 6.64. The van der Waals surface area contributed by atoms with Crippen LogP contribution in [0, 0.1) is 0 Å². The van der Waals surface area contributed by atoms with Gasteiger partial charge in [-0.25, -0.2) is 4.68 Å². The summed E-state index contributed by atoms with van der Waals surface area (Å²) in [6, 6.07) is 18.8. The van der Waals surface area contributed by atoms with Crippen molar-refractivity contribution in [2.24, 2.45) is 0 Å². The van der Waals surface area contributed by atoms with E-state index in [1.165, 1.54) is 0 Å². The van der Waals surface area contributed by atoms with E-state index in [1.54, 1.807) is 10.7 Å². The lowest BCUT2D eigenvalue weighted by molar-refractivity contribution is 0.275. The number of nitrogens with zero attached hydrogens (tertiary/aromatic N) is 2. The maximum absolute atomic E-state index is 9.30. The molecular weight excluding hydrogens is 300 g/mol. The fourth-order valence-electron chi connectivity index (χ4n) is 2.12. The van der Waals surface area contributed by atoms with Gasteiger partial charge in [0.2, 0.25) is 5.88 Å². The summed E-state index contributed by atoms with van der Waals surface area (Å²) in [6.45, 7) is 0.336. The number of para-hydroxylation sites is 1. The highest BCUT2D eigenvalue weighted by Gasteiger charge is 2.11. The van der Waals surface area contributed by atoms with Crippen LogP contribution in [0.15, 0.2) is 60.7 Å². The van der Waals surface area contributed by atoms with E-state index in [0.29, 0.717) is 28.9 Å². The molecule has 112 valence electrons. The number of aliphatic hydroxyl groups excluding tert-OH is 1. The maximum Gasteiger partial charge on any atom is 0.218 e. The van der Waals surface area contributed by atoms with Crippen molar-refractivity contribution < 1.29 is 9.84 Å². The van der Waals surface area contributed by atoms with E-state index in [2.05, 4.69) is 5.10 Å². The zero-order chi connectivity index (χ0) is 15.4. The van der Waals surface area contributed by atoms with E-state index in [-0.39, 0.29) is 6.61 Å². The Morgan fingerprint density at radius 2 is 1.77 bits per heavy atom. The fourth-order valence-corrected chi connectivity index (χ4v) is 2.32. The van der Waals surface area contributed by atoms with E-state index < -0.39 is 0 Å². The molecule has 5 heteroatoms. The van der Waals surface area contributed by atoms with Crippen LogP contribution in [0.1, 0.15) is 11.3 Å². The number of hydrogen-bond donors (Lipinski definition) is 1. The summed E-state index contributed by atoms with van der Waals surface area (Å²) in [7, 11) is 0. The molecule has 4 nitrogen and oxygen atoms in total. The van der Waals surface area contributed by atoms with E-state index in [0.717, 1.165) is 5.56 Å². The molecule has 3 rings (SSSR count). The molecule has 0 aliphatic heterocycles. The van der Waals surface area contributed by atoms with Gasteiger partial charge in [-0.05, 0) is 23.8 Å². The Hall–Kier alpha value is -2.30. The van der Waals surface area contributed by atoms with Gasteiger partial charge in [0, 0.05) is 11.1 Å². The van der Waals surface area contributed by atoms with Crippen LogP contribution in [0.4, 0.5) is 0 Å². The molecule has 0 saturated carbocycles. The smallest absolute Gasteiger partial charge is 0.218 e. The van der Waals surface area contributed by atoms with Gasteiger partial charge in [-0.15, -0.1) is 0 Å². The molecule has 0 fully saturated rings. The minimum absolute atomic E-state index is 0.138. The number of hydrogen-bond acceptors (Lipinski definition) is 3. The Morgan fingerprint density at radius 1 is 1.05 bits per heavy atom. The third-order valence-electron chi connectivity index (χ3n) is 3.20. The lowest BCUT2D eigenvalue weighted by atomic mass is 10.2. The Labute approximate surface area is 133 Å². The zero-order valence-electron chi connectivity index (χ0n) is 11.8. The highest BCUT2D eigenvalue weighted by atomic mass is 35.5. The predicted molar refractivity (Wildman–Crippen MR) is 85.2 cm³/mol. The van der Waals surface area contributed by atoms with Crippen LogP contribution in [0.2, 0.25) is 5.02 Å². The fraction of sp³-hybridized carbons (Fsp3) is 0.118. The summed E-state index contributed by atoms with van der Waals surface area (Å²) in [5, 5.41) is 14.3. The third-order valence-corrected chi connectivity index (χ3v) is 3.57. The molecule has 22 heavy (non-hydrogen) atoms. The molecule has 0 spiro atoms. The van der Waals surface area contributed by atoms with E-state index in [9.17, 15) is 5.11 Å². The van der Waals surface area contributed by atoms with E-state index in [4.69, 9.17) is 16.3 Å². The topological polar surface area (TPSA) is 47.3 Å². The van der Waals surface area contributed by atoms with Crippen molar-refractivity contribution in [3.8, 4) is 11.6 Å². The lowest BCUT2D eigenvalue weighted by Gasteiger charge is -2.09. The number of ether oxygens (including phenoxy) is 1. The quantitative estimate of drug-likeness (QED) is 0.777. The van der Waals surface area contributed by atoms with Gasteiger partial charge in [0.1, 0.15) is 5.75 Å². The standard InChI is InChI=1S/C17H15ClN2O2/c18-16-9-5-4-6-13(16)11-20-17(10-14(12-21)19-20)22-15-7-2-1-3-8-15/h1-10,21H,11-12H2. The molecule has 3 aromatic rings. The van der Waals surface area contributed by atoms with Crippen LogP contribution in [0.5, 0.6) is 11.6 Å². The molecule has 0 bridgehead atoms. The van der Waals surface area contributed by atoms with E-state index in [1.807, 2.05) is 54.6 Å². The van der Waals surface area contributed by atoms with Gasteiger partial charge in [-0.2, -0.15) is 5.10 Å². The molecule has 1 aromatic heterocycles. The summed E-state index contributed by atoms with van der Waals surface area (Å²) < 4.78 is 7.54. The first kappa shape index (κ1) is 14.6. The first-order valence-corrected chi connectivity index (χ1v) is 7.28. The summed E-state index contributed by atoms with van der Waals surface area (Å²) >= 11 is 6.20. The van der Waals surface area contributed by atoms with Crippen molar-refractivity contribution in [1.29, 1.82) is 0 Å². The number of benzene rings is 2. The van der Waals surface area contributed by atoms with Crippen LogP contribution < -0.4 is 4.74 Å². The molecule has 1 N–H and O–H groups in total. The summed E-state index contributed by atoms with van der Waals surface area (Å²) in [5.41, 5.74) is 1.49. The van der Waals surface area contributed by atoms with Gasteiger partial charge in [0.25, 0.3) is 0 Å². The molecule has 0 unspecified atom stereocenters. The molecule has 1 heterocycles. The third kappa shape index (κ3) is 3.30. The van der Waals surface area contributed by atoms with Crippen molar-refractivity contribution in [3.05, 3.63) is 76.9 Å². The van der Waals surface area contributed by atoms with Crippen molar-refractivity contribution in [2.45, 2.75) is 13.2 Å². The Kier molecular flexibility index (Phi) is 4.42. The first-order valence-electron chi connectivity index (χ1n) is 6.90. The maximum atomic E-state index is 9.30. The molecule has 0 aliphatic rings. The Morgan fingerprint density at radius 3 is 2.50 bits per heavy atom. The summed E-state index contributed by atoms with van der Waals surface area (Å²) in [5.74, 6) is 1.28. The molecule has 0 aliphatic carbocycles. The monoisotopic (exact) mass is 314 g/mol. The first-order chi connectivity index (χ1) is 10.8. The molecule has 0 amide bonds. The van der Waals surface area contributed by atoms with Crippen LogP contribution in [0.25, 0.3) is 0 Å². The Balaban J connectivity index is 1.90. The highest BCUT2D eigenvalue weighted by Crippen LogP contribution is 2.24. The van der Waals surface area contributed by atoms with Crippen LogP contribution in [0.3, 0.4) is 0 Å². The van der Waals surface area contributed by atoms with E-state index >= 15 is 0 Å².